The van der Waals surface area contributed by atoms with E-state index in [1.54, 1.807) is 4.90 Å². The van der Waals surface area contributed by atoms with Crippen LogP contribution >= 0.6 is 11.8 Å². The zero-order valence-corrected chi connectivity index (χ0v) is 18.2. The van der Waals surface area contributed by atoms with Crippen LogP contribution in [0.4, 0.5) is 11.5 Å². The van der Waals surface area contributed by atoms with E-state index in [1.807, 2.05) is 18.4 Å². The van der Waals surface area contributed by atoms with Crippen molar-refractivity contribution in [1.29, 1.82) is 0 Å². The SMILES string of the molecule is CSc1nc(N)c2c(n1)OCCN(c1ccc(C3CCC(CC(=O)O)CC3)cc1)C2=O. The molecule has 0 spiro atoms. The van der Waals surface area contributed by atoms with Crippen molar-refractivity contribution in [2.24, 2.45) is 5.92 Å². The van der Waals surface area contributed by atoms with Crippen LogP contribution in [0.2, 0.25) is 0 Å². The summed E-state index contributed by atoms with van der Waals surface area (Å²) in [6.07, 6.45) is 5.97. The van der Waals surface area contributed by atoms with E-state index in [9.17, 15) is 9.59 Å². The predicted molar refractivity (Wildman–Crippen MR) is 119 cm³/mol. The summed E-state index contributed by atoms with van der Waals surface area (Å²) >= 11 is 1.34. The molecule has 4 rings (SSSR count). The van der Waals surface area contributed by atoms with Crippen LogP contribution in [0.1, 0.15) is 53.9 Å². The third-order valence-corrected chi connectivity index (χ3v) is 6.61. The number of hydrogen-bond acceptors (Lipinski definition) is 7. The highest BCUT2D eigenvalue weighted by molar-refractivity contribution is 7.98. The molecule has 1 aliphatic carbocycles. The lowest BCUT2D eigenvalue weighted by Gasteiger charge is -2.28. The highest BCUT2D eigenvalue weighted by Crippen LogP contribution is 2.38. The number of thioether (sulfide) groups is 1. The van der Waals surface area contributed by atoms with Gasteiger partial charge in [0.2, 0.25) is 5.88 Å². The molecule has 2 aromatic rings. The van der Waals surface area contributed by atoms with E-state index in [4.69, 9.17) is 15.6 Å². The van der Waals surface area contributed by atoms with Crippen molar-refractivity contribution in [3.05, 3.63) is 35.4 Å². The average molecular weight is 443 g/mol. The van der Waals surface area contributed by atoms with Crippen molar-refractivity contribution in [2.75, 3.05) is 30.0 Å². The number of carbonyl (C=O) groups is 2. The van der Waals surface area contributed by atoms with Gasteiger partial charge in [-0.05, 0) is 61.5 Å². The molecule has 9 heteroatoms. The first-order valence-electron chi connectivity index (χ1n) is 10.4. The smallest absolute Gasteiger partial charge is 0.303 e. The number of aliphatic carboxylic acids is 1. The molecular weight excluding hydrogens is 416 g/mol. The van der Waals surface area contributed by atoms with Crippen LogP contribution < -0.4 is 15.4 Å². The number of carbonyl (C=O) groups excluding carboxylic acids is 1. The van der Waals surface area contributed by atoms with Gasteiger partial charge in [-0.1, -0.05) is 23.9 Å². The number of anilines is 2. The first kappa shape index (κ1) is 21.4. The van der Waals surface area contributed by atoms with Gasteiger partial charge in [0.05, 0.1) is 6.54 Å². The largest absolute Gasteiger partial charge is 0.481 e. The van der Waals surface area contributed by atoms with E-state index in [0.29, 0.717) is 24.2 Å². The number of carboxylic acid groups (broad SMARTS) is 1. The summed E-state index contributed by atoms with van der Waals surface area (Å²) in [5.74, 6) is 0.0926. The number of rotatable bonds is 5. The summed E-state index contributed by atoms with van der Waals surface area (Å²) in [6.45, 7) is 0.710. The van der Waals surface area contributed by atoms with E-state index >= 15 is 0 Å². The number of benzene rings is 1. The van der Waals surface area contributed by atoms with Crippen LogP contribution in [-0.4, -0.2) is 46.4 Å². The van der Waals surface area contributed by atoms with Gasteiger partial charge in [-0.25, -0.2) is 4.98 Å². The second-order valence-electron chi connectivity index (χ2n) is 7.99. The normalized spacial score (nSPS) is 21.2. The Hall–Kier alpha value is -2.81. The number of amides is 1. The lowest BCUT2D eigenvalue weighted by molar-refractivity contribution is -0.138. The Morgan fingerprint density at radius 3 is 2.58 bits per heavy atom. The molecule has 1 aliphatic heterocycles. The molecule has 1 aromatic carbocycles. The molecule has 8 nitrogen and oxygen atoms in total. The Morgan fingerprint density at radius 1 is 1.23 bits per heavy atom. The zero-order chi connectivity index (χ0) is 22.0. The topological polar surface area (TPSA) is 119 Å². The maximum atomic E-state index is 13.2. The summed E-state index contributed by atoms with van der Waals surface area (Å²) < 4.78 is 5.70. The highest BCUT2D eigenvalue weighted by atomic mass is 32.2. The molecule has 0 bridgehead atoms. The lowest BCUT2D eigenvalue weighted by atomic mass is 9.77. The van der Waals surface area contributed by atoms with Crippen molar-refractivity contribution in [3.63, 3.8) is 0 Å². The molecule has 1 amide bonds. The van der Waals surface area contributed by atoms with Crippen LogP contribution in [0.25, 0.3) is 0 Å². The number of aromatic nitrogens is 2. The molecule has 2 heterocycles. The van der Waals surface area contributed by atoms with E-state index in [1.165, 1.54) is 17.3 Å². The number of ether oxygens (including phenoxy) is 1. The molecule has 164 valence electrons. The van der Waals surface area contributed by atoms with Crippen LogP contribution in [0.3, 0.4) is 0 Å². The molecule has 0 saturated heterocycles. The molecule has 1 fully saturated rings. The van der Waals surface area contributed by atoms with Gasteiger partial charge in [-0.3, -0.25) is 9.59 Å². The van der Waals surface area contributed by atoms with Gasteiger partial charge in [0.25, 0.3) is 5.91 Å². The molecule has 3 N–H and O–H groups in total. The first-order valence-corrected chi connectivity index (χ1v) is 11.7. The van der Waals surface area contributed by atoms with E-state index < -0.39 is 5.97 Å². The maximum Gasteiger partial charge on any atom is 0.303 e. The van der Waals surface area contributed by atoms with Crippen LogP contribution in [-0.2, 0) is 4.79 Å². The minimum absolute atomic E-state index is 0.126. The monoisotopic (exact) mass is 442 g/mol. The Kier molecular flexibility index (Phi) is 6.31. The van der Waals surface area contributed by atoms with E-state index in [2.05, 4.69) is 22.1 Å². The van der Waals surface area contributed by atoms with Gasteiger partial charge in [0.15, 0.2) is 5.16 Å². The Labute approximate surface area is 185 Å². The molecule has 0 radical (unpaired) electrons. The van der Waals surface area contributed by atoms with Crippen LogP contribution in [0.5, 0.6) is 5.88 Å². The molecule has 0 unspecified atom stereocenters. The van der Waals surface area contributed by atoms with Crippen molar-refractivity contribution in [2.45, 2.75) is 43.2 Å². The first-order chi connectivity index (χ1) is 15.0. The summed E-state index contributed by atoms with van der Waals surface area (Å²) in [5.41, 5.74) is 8.26. The Balaban J connectivity index is 1.49. The van der Waals surface area contributed by atoms with E-state index in [0.717, 1.165) is 31.4 Å². The predicted octanol–water partition coefficient (Wildman–Crippen LogP) is 3.57. The molecule has 1 saturated carbocycles. The number of fused-ring (bicyclic) bond motifs is 1. The lowest BCUT2D eigenvalue weighted by Crippen LogP contribution is -2.32. The number of nitrogens with two attached hydrogens (primary N) is 1. The molecule has 0 atom stereocenters. The van der Waals surface area contributed by atoms with Crippen LogP contribution in [0, 0.1) is 5.92 Å². The fraction of sp³-hybridized carbons (Fsp3) is 0.455. The summed E-state index contributed by atoms with van der Waals surface area (Å²) in [6, 6.07) is 8.03. The fourth-order valence-electron chi connectivity index (χ4n) is 4.42. The number of carboxylic acids is 1. The second kappa shape index (κ2) is 9.13. The van der Waals surface area contributed by atoms with E-state index in [-0.39, 0.29) is 35.5 Å². The van der Waals surface area contributed by atoms with Gasteiger partial charge in [0, 0.05) is 12.1 Å². The van der Waals surface area contributed by atoms with Crippen molar-refractivity contribution in [3.8, 4) is 5.88 Å². The van der Waals surface area contributed by atoms with Crippen LogP contribution in [0.15, 0.2) is 29.4 Å². The van der Waals surface area contributed by atoms with Gasteiger partial charge in [-0.2, -0.15) is 4.98 Å². The van der Waals surface area contributed by atoms with Crippen molar-refractivity contribution < 1.29 is 19.4 Å². The third kappa shape index (κ3) is 4.61. The summed E-state index contributed by atoms with van der Waals surface area (Å²) in [7, 11) is 0. The second-order valence-corrected chi connectivity index (χ2v) is 8.76. The highest BCUT2D eigenvalue weighted by Gasteiger charge is 2.30. The molecular formula is C22H26N4O4S. The average Bonchev–Trinajstić information content (AvgIpc) is 2.93. The third-order valence-electron chi connectivity index (χ3n) is 6.06. The number of nitrogens with zero attached hydrogens (tertiary/aromatic N) is 3. The molecule has 1 aromatic heterocycles. The zero-order valence-electron chi connectivity index (χ0n) is 17.4. The molecule has 2 aliphatic rings. The van der Waals surface area contributed by atoms with Crippen molar-refractivity contribution in [1.82, 2.24) is 9.97 Å². The van der Waals surface area contributed by atoms with Gasteiger partial charge in [-0.15, -0.1) is 0 Å². The minimum atomic E-state index is -0.712. The number of nitrogen functional groups attached to an aromatic ring is 1. The van der Waals surface area contributed by atoms with Crippen molar-refractivity contribution >= 4 is 35.1 Å². The quantitative estimate of drug-likeness (QED) is 0.533. The molecule has 31 heavy (non-hydrogen) atoms. The standard InChI is InChI=1S/C22H26N4O4S/c1-31-22-24-19(23)18-20(25-22)30-11-10-26(21(18)29)16-8-6-15(7-9-16)14-4-2-13(3-5-14)12-17(27)28/h6-9,13-14H,2-5,10-12H2,1H3,(H,27,28)(H2,23,24,25). The minimum Gasteiger partial charge on any atom is -0.481 e. The Morgan fingerprint density at radius 2 is 1.94 bits per heavy atom. The fourth-order valence-corrected chi connectivity index (χ4v) is 4.79. The Bertz CT molecular complexity index is 974. The van der Waals surface area contributed by atoms with Gasteiger partial charge < -0.3 is 20.5 Å². The number of hydrogen-bond donors (Lipinski definition) is 2. The summed E-state index contributed by atoms with van der Waals surface area (Å²) in [5, 5.41) is 9.46. The van der Waals surface area contributed by atoms with Gasteiger partial charge in [0.1, 0.15) is 18.0 Å². The summed E-state index contributed by atoms with van der Waals surface area (Å²) in [4.78, 5) is 34.3. The van der Waals surface area contributed by atoms with Gasteiger partial charge >= 0.3 is 5.97 Å². The maximum absolute atomic E-state index is 13.2.